The Morgan fingerprint density at radius 1 is 1.42 bits per heavy atom. The van der Waals surface area contributed by atoms with E-state index in [0.717, 1.165) is 18.7 Å². The lowest BCUT2D eigenvalue weighted by Crippen LogP contribution is -2.15. The van der Waals surface area contributed by atoms with Crippen molar-refractivity contribution >= 4 is 17.6 Å². The fourth-order valence-electron chi connectivity index (χ4n) is 1.50. The molecule has 0 bridgehead atoms. The van der Waals surface area contributed by atoms with Gasteiger partial charge in [-0.1, -0.05) is 12.0 Å². The second kappa shape index (κ2) is 5.94. The number of nitrogens with one attached hydrogen (secondary N) is 2. The minimum Gasteiger partial charge on any atom is -0.408 e. The van der Waals surface area contributed by atoms with E-state index in [2.05, 4.69) is 32.7 Å². The van der Waals surface area contributed by atoms with Crippen LogP contribution in [0, 0.1) is 6.92 Å². The van der Waals surface area contributed by atoms with Crippen molar-refractivity contribution in [3.63, 3.8) is 0 Å². The minimum atomic E-state index is -0.338. The molecule has 0 spiro atoms. The van der Waals surface area contributed by atoms with Crippen molar-refractivity contribution in [3.8, 4) is 0 Å². The van der Waals surface area contributed by atoms with E-state index in [-0.39, 0.29) is 11.9 Å². The smallest absolute Gasteiger partial charge is 0.322 e. The summed E-state index contributed by atoms with van der Waals surface area (Å²) in [7, 11) is 0. The van der Waals surface area contributed by atoms with Gasteiger partial charge in [0.2, 0.25) is 5.89 Å². The molecule has 0 aliphatic carbocycles. The summed E-state index contributed by atoms with van der Waals surface area (Å²) in [6.45, 7) is 4.49. The first-order valence-corrected chi connectivity index (χ1v) is 6.00. The SMILES string of the molecule is CCCNc1ccncc1C(=O)Nc1nnc(C)o1. The molecular weight excluding hydrogens is 246 g/mol. The van der Waals surface area contributed by atoms with Crippen molar-refractivity contribution in [3.05, 3.63) is 29.9 Å². The topological polar surface area (TPSA) is 92.9 Å². The molecule has 0 unspecified atom stereocenters. The van der Waals surface area contributed by atoms with Crippen LogP contribution in [-0.2, 0) is 0 Å². The third-order valence-electron chi connectivity index (χ3n) is 2.38. The van der Waals surface area contributed by atoms with Gasteiger partial charge in [-0.25, -0.2) is 0 Å². The lowest BCUT2D eigenvalue weighted by molar-refractivity contribution is 0.102. The van der Waals surface area contributed by atoms with Gasteiger partial charge in [0, 0.05) is 25.9 Å². The molecule has 0 aliphatic rings. The Morgan fingerprint density at radius 3 is 2.95 bits per heavy atom. The van der Waals surface area contributed by atoms with Gasteiger partial charge in [0.15, 0.2) is 0 Å². The highest BCUT2D eigenvalue weighted by Crippen LogP contribution is 2.15. The van der Waals surface area contributed by atoms with E-state index < -0.39 is 0 Å². The maximum Gasteiger partial charge on any atom is 0.322 e. The largest absolute Gasteiger partial charge is 0.408 e. The summed E-state index contributed by atoms with van der Waals surface area (Å²) in [6.07, 6.45) is 4.09. The van der Waals surface area contributed by atoms with Gasteiger partial charge >= 0.3 is 6.01 Å². The summed E-state index contributed by atoms with van der Waals surface area (Å²) >= 11 is 0. The van der Waals surface area contributed by atoms with E-state index in [1.807, 2.05) is 0 Å². The monoisotopic (exact) mass is 261 g/mol. The molecule has 0 atom stereocenters. The van der Waals surface area contributed by atoms with Crippen molar-refractivity contribution in [1.29, 1.82) is 0 Å². The molecule has 2 heterocycles. The van der Waals surface area contributed by atoms with Crippen LogP contribution in [0.2, 0.25) is 0 Å². The number of hydrogen-bond donors (Lipinski definition) is 2. The molecule has 19 heavy (non-hydrogen) atoms. The zero-order valence-corrected chi connectivity index (χ0v) is 10.8. The van der Waals surface area contributed by atoms with E-state index in [1.165, 1.54) is 6.20 Å². The molecule has 1 amide bonds. The van der Waals surface area contributed by atoms with Crippen LogP contribution in [0.1, 0.15) is 29.6 Å². The highest BCUT2D eigenvalue weighted by molar-refractivity contribution is 6.06. The second-order valence-electron chi connectivity index (χ2n) is 3.93. The molecule has 0 saturated heterocycles. The molecule has 0 radical (unpaired) electrons. The summed E-state index contributed by atoms with van der Waals surface area (Å²) < 4.78 is 5.10. The average molecular weight is 261 g/mol. The van der Waals surface area contributed by atoms with Crippen LogP contribution in [0.25, 0.3) is 0 Å². The number of nitrogens with zero attached hydrogens (tertiary/aromatic N) is 3. The maximum atomic E-state index is 12.1. The molecule has 7 heteroatoms. The average Bonchev–Trinajstić information content (AvgIpc) is 2.82. The molecule has 0 aromatic carbocycles. The predicted octanol–water partition coefficient (Wildman–Crippen LogP) is 1.85. The summed E-state index contributed by atoms with van der Waals surface area (Å²) in [4.78, 5) is 16.0. The zero-order chi connectivity index (χ0) is 13.7. The van der Waals surface area contributed by atoms with Gasteiger partial charge in [-0.15, -0.1) is 5.10 Å². The number of anilines is 2. The second-order valence-corrected chi connectivity index (χ2v) is 3.93. The van der Waals surface area contributed by atoms with Crippen LogP contribution in [0.15, 0.2) is 22.9 Å². The molecule has 2 aromatic rings. The van der Waals surface area contributed by atoms with Crippen molar-refractivity contribution < 1.29 is 9.21 Å². The molecule has 0 saturated carbocycles. The van der Waals surface area contributed by atoms with Crippen molar-refractivity contribution in [2.45, 2.75) is 20.3 Å². The number of hydrogen-bond acceptors (Lipinski definition) is 6. The van der Waals surface area contributed by atoms with Gasteiger partial charge in [-0.2, -0.15) is 0 Å². The van der Waals surface area contributed by atoms with Gasteiger partial charge in [-0.3, -0.25) is 15.1 Å². The molecule has 0 fully saturated rings. The van der Waals surface area contributed by atoms with Gasteiger partial charge in [0.05, 0.1) is 11.3 Å². The Labute approximate surface area is 110 Å². The van der Waals surface area contributed by atoms with Gasteiger partial charge in [0.25, 0.3) is 5.91 Å². The fourth-order valence-corrected chi connectivity index (χ4v) is 1.50. The standard InChI is InChI=1S/C12H15N5O2/c1-3-5-14-10-4-6-13-7-9(10)11(18)15-12-17-16-8(2)19-12/h4,6-7H,3,5H2,1-2H3,(H,13,14)(H,15,17,18). The van der Waals surface area contributed by atoms with Crippen LogP contribution >= 0.6 is 0 Å². The first kappa shape index (κ1) is 13.0. The summed E-state index contributed by atoms with van der Waals surface area (Å²) in [5, 5.41) is 13.1. The molecular formula is C12H15N5O2. The molecule has 2 N–H and O–H groups in total. The Kier molecular flexibility index (Phi) is 4.07. The fraction of sp³-hybridized carbons (Fsp3) is 0.333. The van der Waals surface area contributed by atoms with Crippen molar-refractivity contribution in [2.75, 3.05) is 17.2 Å². The number of aromatic nitrogens is 3. The minimum absolute atomic E-state index is 0.0767. The Balaban J connectivity index is 2.14. The van der Waals surface area contributed by atoms with Crippen LogP contribution in [0.4, 0.5) is 11.7 Å². The van der Waals surface area contributed by atoms with Crippen LogP contribution < -0.4 is 10.6 Å². The normalized spacial score (nSPS) is 10.2. The molecule has 2 rings (SSSR count). The number of pyridine rings is 1. The van der Waals surface area contributed by atoms with E-state index >= 15 is 0 Å². The molecule has 100 valence electrons. The highest BCUT2D eigenvalue weighted by atomic mass is 16.4. The zero-order valence-electron chi connectivity index (χ0n) is 10.8. The third-order valence-corrected chi connectivity index (χ3v) is 2.38. The highest BCUT2D eigenvalue weighted by Gasteiger charge is 2.14. The molecule has 2 aromatic heterocycles. The van der Waals surface area contributed by atoms with Crippen LogP contribution in [0.3, 0.4) is 0 Å². The quantitative estimate of drug-likeness (QED) is 0.853. The lowest BCUT2D eigenvalue weighted by Gasteiger charge is -2.09. The van der Waals surface area contributed by atoms with Gasteiger partial charge < -0.3 is 9.73 Å². The number of amides is 1. The van der Waals surface area contributed by atoms with Crippen LogP contribution in [0.5, 0.6) is 0 Å². The Bertz CT molecular complexity index is 567. The Hall–Kier alpha value is -2.44. The number of carbonyl (C=O) groups is 1. The Morgan fingerprint density at radius 2 is 2.26 bits per heavy atom. The predicted molar refractivity (Wildman–Crippen MR) is 70.0 cm³/mol. The van der Waals surface area contributed by atoms with Crippen LogP contribution in [-0.4, -0.2) is 27.6 Å². The maximum absolute atomic E-state index is 12.1. The number of rotatable bonds is 5. The van der Waals surface area contributed by atoms with Gasteiger partial charge in [-0.05, 0) is 12.5 Å². The van der Waals surface area contributed by atoms with E-state index in [4.69, 9.17) is 4.42 Å². The third kappa shape index (κ3) is 3.27. The number of carbonyl (C=O) groups excluding carboxylic acids is 1. The van der Waals surface area contributed by atoms with E-state index in [1.54, 1.807) is 19.2 Å². The van der Waals surface area contributed by atoms with E-state index in [9.17, 15) is 4.79 Å². The van der Waals surface area contributed by atoms with Crippen molar-refractivity contribution in [1.82, 2.24) is 15.2 Å². The van der Waals surface area contributed by atoms with Gasteiger partial charge in [0.1, 0.15) is 0 Å². The van der Waals surface area contributed by atoms with Crippen molar-refractivity contribution in [2.24, 2.45) is 0 Å². The first-order valence-electron chi connectivity index (χ1n) is 6.00. The number of aryl methyl sites for hydroxylation is 1. The first-order chi connectivity index (χ1) is 9.20. The summed E-state index contributed by atoms with van der Waals surface area (Å²) in [5.41, 5.74) is 1.16. The molecule has 0 aliphatic heterocycles. The summed E-state index contributed by atoms with van der Waals surface area (Å²) in [6, 6.07) is 1.83. The van der Waals surface area contributed by atoms with E-state index in [0.29, 0.717) is 11.5 Å². The summed E-state index contributed by atoms with van der Waals surface area (Å²) in [5.74, 6) is 0.0566. The molecule has 7 nitrogen and oxygen atoms in total. The lowest BCUT2D eigenvalue weighted by atomic mass is 10.2.